The molecule has 6 heteroatoms. The van der Waals surface area contributed by atoms with Crippen LogP contribution in [0.5, 0.6) is 0 Å². The van der Waals surface area contributed by atoms with Gasteiger partial charge in [-0.05, 0) is 0 Å². The Morgan fingerprint density at radius 2 is 2.08 bits per heavy atom. The number of hydrogen-bond acceptors (Lipinski definition) is 5. The Balaban J connectivity index is 3.88. The summed E-state index contributed by atoms with van der Waals surface area (Å²) in [5.41, 5.74) is 0. The van der Waals surface area contributed by atoms with E-state index in [4.69, 9.17) is 0 Å². The first-order valence-electron chi connectivity index (χ1n) is 3.20. The minimum atomic E-state index is -3.27. The van der Waals surface area contributed by atoms with E-state index in [1.54, 1.807) is 0 Å². The topological polar surface area (TPSA) is 65.0 Å². The Bertz CT molecular complexity index is 165. The van der Waals surface area contributed by atoms with E-state index in [0.29, 0.717) is 0 Å². The van der Waals surface area contributed by atoms with Gasteiger partial charge in [-0.15, -0.1) is 0 Å². The standard InChI is InChI=1S/C6H13O5P/c1-4-6(7)11-5-12(8,9-2)10-3/h4,8,12H,1,5H2,2-3H3. The van der Waals surface area contributed by atoms with Crippen LogP contribution in [0.4, 0.5) is 0 Å². The molecular formula is C6H13O5P. The second kappa shape index (κ2) is 5.22. The molecule has 0 aromatic rings. The zero-order valence-electron chi connectivity index (χ0n) is 7.07. The Hall–Kier alpha value is -0.480. The van der Waals surface area contributed by atoms with Crippen molar-refractivity contribution in [2.75, 3.05) is 20.6 Å². The number of hydrogen-bond donors (Lipinski definition) is 1. The van der Waals surface area contributed by atoms with Gasteiger partial charge in [-0.25, -0.2) is 0 Å². The molecule has 0 spiro atoms. The van der Waals surface area contributed by atoms with Gasteiger partial charge in [-0.2, -0.15) is 0 Å². The van der Waals surface area contributed by atoms with Crippen LogP contribution < -0.4 is 0 Å². The van der Waals surface area contributed by atoms with E-state index in [0.717, 1.165) is 6.08 Å². The van der Waals surface area contributed by atoms with Crippen molar-refractivity contribution < 1.29 is 23.5 Å². The van der Waals surface area contributed by atoms with Crippen LogP contribution in [0.1, 0.15) is 0 Å². The summed E-state index contributed by atoms with van der Waals surface area (Å²) in [6.07, 6.45) is 0.741. The Morgan fingerprint density at radius 1 is 1.58 bits per heavy atom. The molecule has 72 valence electrons. The first-order chi connectivity index (χ1) is 5.58. The average molecular weight is 196 g/mol. The molecule has 0 atom stereocenters. The quantitative estimate of drug-likeness (QED) is 0.393. The van der Waals surface area contributed by atoms with E-state index in [2.05, 4.69) is 20.4 Å². The monoisotopic (exact) mass is 196 g/mol. The fourth-order valence-corrected chi connectivity index (χ4v) is 1.15. The number of carbonyl (C=O) groups excluding carboxylic acids is 1. The van der Waals surface area contributed by atoms with E-state index in [-0.39, 0.29) is 6.35 Å². The molecule has 1 N–H and O–H groups in total. The normalized spacial score (nSPS) is 12.2. The molecule has 0 aliphatic heterocycles. The molecule has 0 fully saturated rings. The molecule has 0 aliphatic carbocycles. The number of ether oxygens (including phenoxy) is 1. The molecule has 5 nitrogen and oxygen atoms in total. The second-order valence-electron chi connectivity index (χ2n) is 1.93. The molecule has 0 aliphatic rings. The third-order valence-corrected chi connectivity index (χ3v) is 2.99. The van der Waals surface area contributed by atoms with Crippen LogP contribution in [0, 0.1) is 0 Å². The van der Waals surface area contributed by atoms with Crippen molar-refractivity contribution in [1.82, 2.24) is 0 Å². The third kappa shape index (κ3) is 3.78. The third-order valence-electron chi connectivity index (χ3n) is 1.20. The molecule has 0 amide bonds. The first kappa shape index (κ1) is 11.5. The van der Waals surface area contributed by atoms with Crippen molar-refractivity contribution in [1.29, 1.82) is 0 Å². The Kier molecular flexibility index (Phi) is 5.01. The Morgan fingerprint density at radius 3 is 2.42 bits per heavy atom. The number of carbonyl (C=O) groups is 1. The van der Waals surface area contributed by atoms with Gasteiger partial charge in [0, 0.05) is 0 Å². The van der Waals surface area contributed by atoms with Crippen molar-refractivity contribution in [3.05, 3.63) is 12.7 Å². The first-order valence-corrected chi connectivity index (χ1v) is 5.17. The van der Waals surface area contributed by atoms with E-state index >= 15 is 0 Å². The summed E-state index contributed by atoms with van der Waals surface area (Å²) in [5.74, 6) is -0.616. The SMILES string of the molecule is C=CC(=O)OC[PH](O)(OC)OC. The summed E-state index contributed by atoms with van der Waals surface area (Å²) in [7, 11) is -0.689. The molecule has 0 unspecified atom stereocenters. The molecule has 0 saturated carbocycles. The second-order valence-corrected chi connectivity index (χ2v) is 4.46. The van der Waals surface area contributed by atoms with Gasteiger partial charge in [0.2, 0.25) is 0 Å². The fourth-order valence-electron chi connectivity index (χ4n) is 0.422. The van der Waals surface area contributed by atoms with Crippen LogP contribution in [0.2, 0.25) is 0 Å². The van der Waals surface area contributed by atoms with E-state index in [9.17, 15) is 9.69 Å². The van der Waals surface area contributed by atoms with Gasteiger partial charge >= 0.3 is 70.6 Å². The summed E-state index contributed by atoms with van der Waals surface area (Å²) in [4.78, 5) is 19.9. The van der Waals surface area contributed by atoms with Crippen LogP contribution in [0.3, 0.4) is 0 Å². The summed E-state index contributed by atoms with van der Waals surface area (Å²) in [5, 5.41) is 0. The van der Waals surface area contributed by atoms with Gasteiger partial charge in [-0.3, -0.25) is 0 Å². The summed E-state index contributed by atoms with van der Waals surface area (Å²) in [6.45, 7) is 3.19. The van der Waals surface area contributed by atoms with Crippen molar-refractivity contribution >= 4 is 13.9 Å². The molecule has 12 heavy (non-hydrogen) atoms. The van der Waals surface area contributed by atoms with Crippen LogP contribution in [-0.2, 0) is 18.6 Å². The zero-order valence-corrected chi connectivity index (χ0v) is 8.07. The van der Waals surface area contributed by atoms with Crippen LogP contribution in [0.25, 0.3) is 0 Å². The number of esters is 1. The molecule has 0 radical (unpaired) electrons. The predicted octanol–water partition coefficient (Wildman–Crippen LogP) is 0.453. The molecule has 0 aromatic carbocycles. The molecule has 0 rings (SSSR count). The summed E-state index contributed by atoms with van der Waals surface area (Å²) >= 11 is 0. The Labute approximate surface area is 71.5 Å². The van der Waals surface area contributed by atoms with Crippen LogP contribution in [0.15, 0.2) is 12.7 Å². The van der Waals surface area contributed by atoms with E-state index in [1.165, 1.54) is 14.2 Å². The van der Waals surface area contributed by atoms with Gasteiger partial charge in [0.15, 0.2) is 0 Å². The van der Waals surface area contributed by atoms with Gasteiger partial charge in [0.05, 0.1) is 0 Å². The van der Waals surface area contributed by atoms with Gasteiger partial charge in [0.1, 0.15) is 0 Å². The molecule has 0 heterocycles. The zero-order chi connectivity index (χ0) is 9.61. The van der Waals surface area contributed by atoms with Crippen molar-refractivity contribution in [2.45, 2.75) is 0 Å². The van der Waals surface area contributed by atoms with E-state index in [1.807, 2.05) is 0 Å². The fraction of sp³-hybridized carbons (Fsp3) is 0.500. The number of rotatable bonds is 5. The molecule has 0 saturated heterocycles. The minimum absolute atomic E-state index is 0.259. The summed E-state index contributed by atoms with van der Waals surface area (Å²) < 4.78 is 13.8. The summed E-state index contributed by atoms with van der Waals surface area (Å²) in [6, 6.07) is 0. The molecular weight excluding hydrogens is 183 g/mol. The van der Waals surface area contributed by atoms with Crippen molar-refractivity contribution in [3.63, 3.8) is 0 Å². The van der Waals surface area contributed by atoms with Gasteiger partial charge in [-0.1, -0.05) is 0 Å². The van der Waals surface area contributed by atoms with Gasteiger partial charge < -0.3 is 0 Å². The van der Waals surface area contributed by atoms with Crippen molar-refractivity contribution in [2.24, 2.45) is 0 Å². The molecule has 0 bridgehead atoms. The van der Waals surface area contributed by atoms with Crippen molar-refractivity contribution in [3.8, 4) is 0 Å². The van der Waals surface area contributed by atoms with Crippen LogP contribution >= 0.6 is 7.94 Å². The molecule has 0 aromatic heterocycles. The predicted molar refractivity (Wildman–Crippen MR) is 45.7 cm³/mol. The van der Waals surface area contributed by atoms with Gasteiger partial charge in [0.25, 0.3) is 0 Å². The maximum absolute atomic E-state index is 10.6. The maximum atomic E-state index is 10.6. The van der Waals surface area contributed by atoms with E-state index < -0.39 is 13.9 Å². The average Bonchev–Trinajstić information content (AvgIpc) is 2.13. The van der Waals surface area contributed by atoms with Crippen LogP contribution in [-0.4, -0.2) is 31.4 Å².